The standard InChI is InChI=1S/C5H5N3O3/c6-4-1-3(8(10)11)2-5(9)7-4/h1-2H,(H3,6,7,9). The van der Waals surface area contributed by atoms with Crippen LogP contribution in [0.3, 0.4) is 0 Å². The van der Waals surface area contributed by atoms with Crippen LogP contribution in [0.2, 0.25) is 0 Å². The van der Waals surface area contributed by atoms with Gasteiger partial charge in [-0.05, 0) is 0 Å². The van der Waals surface area contributed by atoms with Crippen molar-refractivity contribution in [2.45, 2.75) is 0 Å². The molecule has 0 fully saturated rings. The Morgan fingerprint density at radius 3 is 2.64 bits per heavy atom. The number of nitrogen functional groups attached to an aromatic ring is 1. The summed E-state index contributed by atoms with van der Waals surface area (Å²) >= 11 is 0. The van der Waals surface area contributed by atoms with Crippen molar-refractivity contribution in [1.29, 1.82) is 0 Å². The first-order chi connectivity index (χ1) is 5.09. The second-order valence-electron chi connectivity index (χ2n) is 1.92. The maximum atomic E-state index is 10.6. The van der Waals surface area contributed by atoms with E-state index in [4.69, 9.17) is 5.73 Å². The largest absolute Gasteiger partial charge is 0.385 e. The van der Waals surface area contributed by atoms with E-state index in [1.807, 2.05) is 0 Å². The molecule has 1 aromatic rings. The SMILES string of the molecule is Nc1cc([N+](=O)[O-])cc(=O)[nH]1. The van der Waals surface area contributed by atoms with Crippen LogP contribution < -0.4 is 11.3 Å². The Morgan fingerprint density at radius 2 is 2.18 bits per heavy atom. The second-order valence-corrected chi connectivity index (χ2v) is 1.92. The maximum absolute atomic E-state index is 10.6. The first-order valence-electron chi connectivity index (χ1n) is 2.74. The minimum Gasteiger partial charge on any atom is -0.385 e. The first-order valence-corrected chi connectivity index (χ1v) is 2.74. The van der Waals surface area contributed by atoms with Gasteiger partial charge in [-0.2, -0.15) is 0 Å². The topological polar surface area (TPSA) is 102 Å². The van der Waals surface area contributed by atoms with Gasteiger partial charge in [0.2, 0.25) is 0 Å². The van der Waals surface area contributed by atoms with Crippen LogP contribution in [0.1, 0.15) is 0 Å². The molecule has 0 spiro atoms. The third-order valence-electron chi connectivity index (χ3n) is 1.06. The molecular weight excluding hydrogens is 150 g/mol. The Morgan fingerprint density at radius 1 is 1.55 bits per heavy atom. The maximum Gasteiger partial charge on any atom is 0.278 e. The van der Waals surface area contributed by atoms with Crippen LogP contribution in [-0.2, 0) is 0 Å². The summed E-state index contributed by atoms with van der Waals surface area (Å²) in [4.78, 5) is 22.2. The Labute approximate surface area is 60.8 Å². The highest BCUT2D eigenvalue weighted by molar-refractivity contribution is 5.40. The predicted molar refractivity (Wildman–Crippen MR) is 38.1 cm³/mol. The van der Waals surface area contributed by atoms with Gasteiger partial charge in [-0.1, -0.05) is 0 Å². The molecule has 1 rings (SSSR count). The Bertz CT molecular complexity index is 343. The highest BCUT2D eigenvalue weighted by Gasteiger charge is 2.05. The number of aromatic amines is 1. The fourth-order valence-corrected chi connectivity index (χ4v) is 0.655. The molecule has 58 valence electrons. The van der Waals surface area contributed by atoms with Crippen LogP contribution in [-0.4, -0.2) is 9.91 Å². The smallest absolute Gasteiger partial charge is 0.278 e. The fraction of sp³-hybridized carbons (Fsp3) is 0. The number of rotatable bonds is 1. The summed E-state index contributed by atoms with van der Waals surface area (Å²) in [6.45, 7) is 0. The number of aromatic nitrogens is 1. The molecule has 11 heavy (non-hydrogen) atoms. The molecule has 0 aromatic carbocycles. The molecule has 3 N–H and O–H groups in total. The average Bonchev–Trinajstić information content (AvgIpc) is 1.85. The lowest BCUT2D eigenvalue weighted by atomic mass is 10.4. The number of anilines is 1. The van der Waals surface area contributed by atoms with Crippen molar-refractivity contribution in [2.24, 2.45) is 0 Å². The van der Waals surface area contributed by atoms with E-state index in [1.165, 1.54) is 0 Å². The van der Waals surface area contributed by atoms with Gasteiger partial charge in [0, 0.05) is 0 Å². The van der Waals surface area contributed by atoms with Gasteiger partial charge in [-0.15, -0.1) is 0 Å². The Balaban J connectivity index is 3.30. The van der Waals surface area contributed by atoms with Gasteiger partial charge in [-0.3, -0.25) is 14.9 Å². The lowest BCUT2D eigenvalue weighted by Gasteiger charge is -1.91. The molecule has 6 heteroatoms. The van der Waals surface area contributed by atoms with Crippen molar-refractivity contribution in [3.05, 3.63) is 32.6 Å². The van der Waals surface area contributed by atoms with Gasteiger partial charge in [0.15, 0.2) is 0 Å². The number of hydrogen-bond donors (Lipinski definition) is 2. The second kappa shape index (κ2) is 2.41. The Hall–Kier alpha value is -1.85. The van der Waals surface area contributed by atoms with Gasteiger partial charge in [-0.25, -0.2) is 0 Å². The lowest BCUT2D eigenvalue weighted by Crippen LogP contribution is -2.08. The van der Waals surface area contributed by atoms with E-state index in [1.54, 1.807) is 0 Å². The summed E-state index contributed by atoms with van der Waals surface area (Å²) in [5.41, 5.74) is 4.26. The highest BCUT2D eigenvalue weighted by atomic mass is 16.6. The zero-order chi connectivity index (χ0) is 8.43. The summed E-state index contributed by atoms with van der Waals surface area (Å²) < 4.78 is 0. The molecular formula is C5H5N3O3. The zero-order valence-corrected chi connectivity index (χ0v) is 5.40. The monoisotopic (exact) mass is 155 g/mol. The molecule has 0 aliphatic rings. The van der Waals surface area contributed by atoms with E-state index in [9.17, 15) is 14.9 Å². The number of nitrogens with one attached hydrogen (secondary N) is 1. The third-order valence-corrected chi connectivity index (χ3v) is 1.06. The fourth-order valence-electron chi connectivity index (χ4n) is 0.655. The molecule has 0 amide bonds. The highest BCUT2D eigenvalue weighted by Crippen LogP contribution is 2.08. The molecule has 0 radical (unpaired) electrons. The van der Waals surface area contributed by atoms with Crippen molar-refractivity contribution >= 4 is 11.5 Å². The quantitative estimate of drug-likeness (QED) is 0.435. The summed E-state index contributed by atoms with van der Waals surface area (Å²) in [7, 11) is 0. The van der Waals surface area contributed by atoms with Crippen LogP contribution in [0.25, 0.3) is 0 Å². The Kier molecular flexibility index (Phi) is 1.59. The van der Waals surface area contributed by atoms with Crippen molar-refractivity contribution in [1.82, 2.24) is 4.98 Å². The number of nitrogens with zero attached hydrogens (tertiary/aromatic N) is 1. The lowest BCUT2D eigenvalue weighted by molar-refractivity contribution is -0.384. The summed E-state index contributed by atoms with van der Waals surface area (Å²) in [5.74, 6) is -0.01000. The van der Waals surface area contributed by atoms with Crippen LogP contribution in [0, 0.1) is 10.1 Å². The van der Waals surface area contributed by atoms with Gasteiger partial charge < -0.3 is 10.7 Å². The van der Waals surface area contributed by atoms with Crippen LogP contribution in [0.4, 0.5) is 11.5 Å². The molecule has 0 saturated carbocycles. The van der Waals surface area contributed by atoms with E-state index in [-0.39, 0.29) is 11.5 Å². The van der Waals surface area contributed by atoms with Crippen molar-refractivity contribution in [3.8, 4) is 0 Å². The minimum absolute atomic E-state index is 0.01000. The van der Waals surface area contributed by atoms with E-state index < -0.39 is 10.5 Å². The van der Waals surface area contributed by atoms with Crippen LogP contribution >= 0.6 is 0 Å². The normalized spacial score (nSPS) is 9.45. The number of nitro groups is 1. The van der Waals surface area contributed by atoms with Gasteiger partial charge in [0.25, 0.3) is 11.2 Å². The van der Waals surface area contributed by atoms with Gasteiger partial charge >= 0.3 is 0 Å². The molecule has 0 unspecified atom stereocenters. The van der Waals surface area contributed by atoms with Gasteiger partial charge in [0.05, 0.1) is 17.1 Å². The number of hydrogen-bond acceptors (Lipinski definition) is 4. The molecule has 0 atom stereocenters. The first kappa shape index (κ1) is 7.26. The predicted octanol–water partition coefficient (Wildman–Crippen LogP) is -0.135. The number of pyridine rings is 1. The number of H-pyrrole nitrogens is 1. The molecule has 1 aromatic heterocycles. The van der Waals surface area contributed by atoms with Gasteiger partial charge in [0.1, 0.15) is 5.82 Å². The van der Waals surface area contributed by atoms with E-state index >= 15 is 0 Å². The molecule has 0 bridgehead atoms. The molecule has 0 saturated heterocycles. The molecule has 6 nitrogen and oxygen atoms in total. The van der Waals surface area contributed by atoms with E-state index in [0.29, 0.717) is 0 Å². The van der Waals surface area contributed by atoms with Crippen LogP contribution in [0.15, 0.2) is 16.9 Å². The molecule has 0 aliphatic carbocycles. The molecule has 1 heterocycles. The summed E-state index contributed by atoms with van der Waals surface area (Å²) in [6.07, 6.45) is 0. The zero-order valence-electron chi connectivity index (χ0n) is 5.40. The third kappa shape index (κ3) is 1.54. The van der Waals surface area contributed by atoms with E-state index in [0.717, 1.165) is 12.1 Å². The molecule has 0 aliphatic heterocycles. The average molecular weight is 155 g/mol. The number of nitrogens with two attached hydrogens (primary N) is 1. The minimum atomic E-state index is -0.675. The van der Waals surface area contributed by atoms with Crippen molar-refractivity contribution < 1.29 is 4.92 Å². The van der Waals surface area contributed by atoms with Crippen molar-refractivity contribution in [2.75, 3.05) is 5.73 Å². The van der Waals surface area contributed by atoms with Crippen molar-refractivity contribution in [3.63, 3.8) is 0 Å². The summed E-state index contributed by atoms with van der Waals surface area (Å²) in [5, 5.41) is 10.1. The van der Waals surface area contributed by atoms with Crippen LogP contribution in [0.5, 0.6) is 0 Å². The summed E-state index contributed by atoms with van der Waals surface area (Å²) in [6, 6.07) is 1.96. The van der Waals surface area contributed by atoms with E-state index in [2.05, 4.69) is 4.98 Å².